The predicted molar refractivity (Wildman–Crippen MR) is 61.4 cm³/mol. The molecule has 98 valence electrons. The minimum Gasteiger partial charge on any atom is -0.479 e. The fourth-order valence-electron chi connectivity index (χ4n) is 2.09. The summed E-state index contributed by atoms with van der Waals surface area (Å²) in [4.78, 5) is 28.4. The number of amides is 2. The van der Waals surface area contributed by atoms with Gasteiger partial charge in [0.25, 0.3) is 0 Å². The van der Waals surface area contributed by atoms with Gasteiger partial charge in [-0.25, -0.2) is 15.1 Å². The zero-order chi connectivity index (χ0) is 12.7. The second kappa shape index (κ2) is 7.11. The Balaban J connectivity index is 2.43. The maximum absolute atomic E-state index is 11.8. The number of hydrogen-bond donors (Lipinski definition) is 2. The average Bonchev–Trinajstić information content (AvgIpc) is 2.52. The number of aliphatic carboxylic acids is 1. The van der Waals surface area contributed by atoms with Crippen LogP contribution >= 0.6 is 0 Å². The smallest absolute Gasteiger partial charge is 0.341 e. The standard InChI is InChI=1S/C11H20N2O4/c1-2-9-6-4-3-5-7-13(9)11(16)12-17-8-10(14)15/h9H,2-8H2,1H3,(H,12,16)(H,14,15). The van der Waals surface area contributed by atoms with Crippen molar-refractivity contribution in [1.29, 1.82) is 0 Å². The summed E-state index contributed by atoms with van der Waals surface area (Å²) in [7, 11) is 0. The van der Waals surface area contributed by atoms with Crippen molar-refractivity contribution in [3.63, 3.8) is 0 Å². The fraction of sp³-hybridized carbons (Fsp3) is 0.818. The summed E-state index contributed by atoms with van der Waals surface area (Å²) < 4.78 is 0. The van der Waals surface area contributed by atoms with Gasteiger partial charge in [-0.05, 0) is 19.3 Å². The molecule has 0 radical (unpaired) electrons. The van der Waals surface area contributed by atoms with Crippen LogP contribution in [0.1, 0.15) is 39.0 Å². The van der Waals surface area contributed by atoms with E-state index in [0.717, 1.165) is 32.1 Å². The van der Waals surface area contributed by atoms with Gasteiger partial charge in [0.15, 0.2) is 6.61 Å². The Morgan fingerprint density at radius 1 is 1.41 bits per heavy atom. The third-order valence-corrected chi connectivity index (χ3v) is 2.96. The maximum Gasteiger partial charge on any atom is 0.341 e. The van der Waals surface area contributed by atoms with Gasteiger partial charge < -0.3 is 10.0 Å². The molecule has 17 heavy (non-hydrogen) atoms. The van der Waals surface area contributed by atoms with E-state index < -0.39 is 12.6 Å². The number of nitrogens with zero attached hydrogens (tertiary/aromatic N) is 1. The molecule has 0 aromatic carbocycles. The SMILES string of the molecule is CCC1CCCCCN1C(=O)NOCC(=O)O. The van der Waals surface area contributed by atoms with Crippen molar-refractivity contribution in [3.8, 4) is 0 Å². The Hall–Kier alpha value is -1.30. The van der Waals surface area contributed by atoms with Crippen LogP contribution in [-0.2, 0) is 9.63 Å². The lowest BCUT2D eigenvalue weighted by molar-refractivity contribution is -0.144. The lowest BCUT2D eigenvalue weighted by Gasteiger charge is -2.28. The first kappa shape index (κ1) is 13.8. The molecule has 1 aliphatic rings. The lowest BCUT2D eigenvalue weighted by Crippen LogP contribution is -2.46. The highest BCUT2D eigenvalue weighted by Crippen LogP contribution is 2.18. The second-order valence-corrected chi connectivity index (χ2v) is 4.19. The third kappa shape index (κ3) is 4.60. The number of hydroxylamine groups is 1. The summed E-state index contributed by atoms with van der Waals surface area (Å²) in [6.45, 7) is 2.24. The fourth-order valence-corrected chi connectivity index (χ4v) is 2.09. The Bertz CT molecular complexity index is 270. The van der Waals surface area contributed by atoms with Crippen molar-refractivity contribution < 1.29 is 19.5 Å². The van der Waals surface area contributed by atoms with Gasteiger partial charge in [0.1, 0.15) is 0 Å². The van der Waals surface area contributed by atoms with Crippen LogP contribution in [0.2, 0.25) is 0 Å². The Morgan fingerprint density at radius 2 is 2.18 bits per heavy atom. The van der Waals surface area contributed by atoms with Gasteiger partial charge in [0.05, 0.1) is 0 Å². The van der Waals surface area contributed by atoms with Crippen LogP contribution in [0.3, 0.4) is 0 Å². The molecule has 0 aliphatic carbocycles. The monoisotopic (exact) mass is 244 g/mol. The molecule has 0 saturated carbocycles. The molecule has 6 heteroatoms. The molecule has 1 aliphatic heterocycles. The maximum atomic E-state index is 11.8. The van der Waals surface area contributed by atoms with Crippen LogP contribution in [0, 0.1) is 0 Å². The van der Waals surface area contributed by atoms with Crippen LogP contribution < -0.4 is 5.48 Å². The number of urea groups is 1. The van der Waals surface area contributed by atoms with E-state index in [1.807, 2.05) is 6.92 Å². The Labute approximate surface area is 101 Å². The topological polar surface area (TPSA) is 78.9 Å². The highest BCUT2D eigenvalue weighted by molar-refractivity contribution is 5.74. The number of carboxylic acid groups (broad SMARTS) is 1. The van der Waals surface area contributed by atoms with Crippen LogP contribution in [0.4, 0.5) is 4.79 Å². The zero-order valence-electron chi connectivity index (χ0n) is 10.1. The van der Waals surface area contributed by atoms with E-state index in [2.05, 4.69) is 10.3 Å². The van der Waals surface area contributed by atoms with E-state index in [-0.39, 0.29) is 12.1 Å². The van der Waals surface area contributed by atoms with Crippen molar-refractivity contribution in [3.05, 3.63) is 0 Å². The molecule has 1 unspecified atom stereocenters. The number of likely N-dealkylation sites (tertiary alicyclic amines) is 1. The molecular weight excluding hydrogens is 224 g/mol. The van der Waals surface area contributed by atoms with Gasteiger partial charge in [-0.3, -0.25) is 4.84 Å². The Morgan fingerprint density at radius 3 is 2.82 bits per heavy atom. The first-order valence-electron chi connectivity index (χ1n) is 6.05. The highest BCUT2D eigenvalue weighted by Gasteiger charge is 2.24. The molecule has 1 rings (SSSR count). The van der Waals surface area contributed by atoms with Crippen molar-refractivity contribution in [2.24, 2.45) is 0 Å². The molecule has 1 fully saturated rings. The van der Waals surface area contributed by atoms with E-state index in [9.17, 15) is 9.59 Å². The summed E-state index contributed by atoms with van der Waals surface area (Å²) in [5.74, 6) is -1.10. The van der Waals surface area contributed by atoms with E-state index in [1.54, 1.807) is 4.90 Å². The molecule has 1 heterocycles. The number of rotatable bonds is 4. The number of carbonyl (C=O) groups is 2. The van der Waals surface area contributed by atoms with Crippen LogP contribution in [-0.4, -0.2) is 41.2 Å². The number of carbonyl (C=O) groups excluding carboxylic acids is 1. The van der Waals surface area contributed by atoms with E-state index in [1.165, 1.54) is 0 Å². The third-order valence-electron chi connectivity index (χ3n) is 2.96. The van der Waals surface area contributed by atoms with Gasteiger partial charge in [-0.15, -0.1) is 0 Å². The normalized spacial score (nSPS) is 20.8. The molecule has 0 aromatic heterocycles. The summed E-state index contributed by atoms with van der Waals surface area (Å²) in [6, 6.07) is -0.106. The largest absolute Gasteiger partial charge is 0.479 e. The van der Waals surface area contributed by atoms with E-state index >= 15 is 0 Å². The van der Waals surface area contributed by atoms with Crippen LogP contribution in [0.5, 0.6) is 0 Å². The summed E-state index contributed by atoms with van der Waals surface area (Å²) in [5.41, 5.74) is 2.18. The minimum absolute atomic E-state index is 0.228. The minimum atomic E-state index is -1.10. The van der Waals surface area contributed by atoms with Gasteiger partial charge in [-0.1, -0.05) is 19.8 Å². The molecule has 1 atom stereocenters. The average molecular weight is 244 g/mol. The lowest BCUT2D eigenvalue weighted by atomic mass is 10.1. The van der Waals surface area contributed by atoms with Gasteiger partial charge >= 0.3 is 12.0 Å². The number of hydrogen-bond acceptors (Lipinski definition) is 3. The van der Waals surface area contributed by atoms with Crippen molar-refractivity contribution in [2.75, 3.05) is 13.2 Å². The van der Waals surface area contributed by atoms with Crippen molar-refractivity contribution >= 4 is 12.0 Å². The van der Waals surface area contributed by atoms with Gasteiger partial charge in [0.2, 0.25) is 0 Å². The molecule has 2 N–H and O–H groups in total. The molecule has 6 nitrogen and oxygen atoms in total. The summed E-state index contributed by atoms with van der Waals surface area (Å²) in [6.07, 6.45) is 5.17. The molecular formula is C11H20N2O4. The summed E-state index contributed by atoms with van der Waals surface area (Å²) in [5, 5.41) is 8.39. The molecule has 1 saturated heterocycles. The van der Waals surface area contributed by atoms with Crippen LogP contribution in [0.25, 0.3) is 0 Å². The molecule has 0 bridgehead atoms. The number of carboxylic acids is 1. The van der Waals surface area contributed by atoms with E-state index in [0.29, 0.717) is 6.54 Å². The molecule has 2 amide bonds. The van der Waals surface area contributed by atoms with Gasteiger partial charge in [-0.2, -0.15) is 0 Å². The van der Waals surface area contributed by atoms with E-state index in [4.69, 9.17) is 5.11 Å². The first-order chi connectivity index (χ1) is 8.15. The zero-order valence-corrected chi connectivity index (χ0v) is 10.1. The second-order valence-electron chi connectivity index (χ2n) is 4.19. The quantitative estimate of drug-likeness (QED) is 0.732. The predicted octanol–water partition coefficient (Wildman–Crippen LogP) is 1.37. The van der Waals surface area contributed by atoms with Crippen LogP contribution in [0.15, 0.2) is 0 Å². The molecule has 0 aromatic rings. The molecule has 0 spiro atoms. The first-order valence-corrected chi connectivity index (χ1v) is 6.05. The Kier molecular flexibility index (Phi) is 5.76. The number of nitrogens with one attached hydrogen (secondary N) is 1. The van der Waals surface area contributed by atoms with Crippen molar-refractivity contribution in [2.45, 2.75) is 45.1 Å². The summed E-state index contributed by atoms with van der Waals surface area (Å²) >= 11 is 0. The highest BCUT2D eigenvalue weighted by atomic mass is 16.7. The van der Waals surface area contributed by atoms with Gasteiger partial charge in [0, 0.05) is 12.6 Å². The van der Waals surface area contributed by atoms with Crippen molar-refractivity contribution in [1.82, 2.24) is 10.4 Å².